The highest BCUT2D eigenvalue weighted by Gasteiger charge is 2.28. The number of carbonyl (C=O) groups is 1. The molecule has 8 heteroatoms. The fourth-order valence-corrected chi connectivity index (χ4v) is 3.60. The number of hydrogen-bond acceptors (Lipinski definition) is 5. The van der Waals surface area contributed by atoms with Gasteiger partial charge in [-0.3, -0.25) is 9.69 Å². The Hall–Kier alpha value is -3.26. The second kappa shape index (κ2) is 8.18. The molecule has 144 valence electrons. The lowest BCUT2D eigenvalue weighted by Gasteiger charge is -2.34. The van der Waals surface area contributed by atoms with Gasteiger partial charge in [0.15, 0.2) is 0 Å². The van der Waals surface area contributed by atoms with E-state index < -0.39 is 5.69 Å². The highest BCUT2D eigenvalue weighted by atomic mass is 16.2. The molecule has 1 saturated heterocycles. The van der Waals surface area contributed by atoms with Crippen molar-refractivity contribution in [2.75, 3.05) is 11.9 Å². The van der Waals surface area contributed by atoms with Crippen molar-refractivity contribution in [1.82, 2.24) is 25.1 Å². The number of rotatable bonds is 5. The average molecular weight is 378 g/mol. The minimum absolute atomic E-state index is 0.0275. The molecular formula is C20H22N6O2. The van der Waals surface area contributed by atoms with Crippen molar-refractivity contribution >= 4 is 11.6 Å². The summed E-state index contributed by atoms with van der Waals surface area (Å²) in [5, 5.41) is 12.5. The van der Waals surface area contributed by atoms with Gasteiger partial charge in [0.1, 0.15) is 0 Å². The van der Waals surface area contributed by atoms with Gasteiger partial charge in [-0.1, -0.05) is 42.8 Å². The van der Waals surface area contributed by atoms with Gasteiger partial charge in [-0.25, -0.2) is 9.89 Å². The maximum atomic E-state index is 13.0. The minimum atomic E-state index is -0.426. The van der Waals surface area contributed by atoms with E-state index in [2.05, 4.69) is 37.9 Å². The molecular weight excluding hydrogens is 356 g/mol. The second-order valence-corrected chi connectivity index (χ2v) is 6.93. The first-order valence-corrected chi connectivity index (χ1v) is 9.40. The molecule has 0 saturated carbocycles. The number of H-pyrrole nitrogens is 1. The SMILES string of the molecule is O=C(Nc1cccc(-n2nn[nH]c2=O)c1)C1CCCCN1Cc1ccccc1. The van der Waals surface area contributed by atoms with E-state index in [1.807, 2.05) is 18.2 Å². The molecule has 1 fully saturated rings. The van der Waals surface area contributed by atoms with Crippen LogP contribution in [0.25, 0.3) is 5.69 Å². The number of likely N-dealkylation sites (tertiary alicyclic amines) is 1. The predicted octanol–water partition coefficient (Wildman–Crippen LogP) is 1.95. The lowest BCUT2D eigenvalue weighted by atomic mass is 10.00. The van der Waals surface area contributed by atoms with Crippen molar-refractivity contribution in [3.05, 3.63) is 70.6 Å². The molecule has 0 spiro atoms. The van der Waals surface area contributed by atoms with Gasteiger partial charge in [-0.05, 0) is 53.6 Å². The van der Waals surface area contributed by atoms with Crippen LogP contribution in [-0.2, 0) is 11.3 Å². The zero-order valence-electron chi connectivity index (χ0n) is 15.4. The number of piperidine rings is 1. The lowest BCUT2D eigenvalue weighted by molar-refractivity contribution is -0.122. The number of nitrogens with one attached hydrogen (secondary N) is 2. The van der Waals surface area contributed by atoms with Gasteiger partial charge < -0.3 is 5.32 Å². The van der Waals surface area contributed by atoms with Crippen molar-refractivity contribution in [2.24, 2.45) is 0 Å². The van der Waals surface area contributed by atoms with E-state index in [4.69, 9.17) is 0 Å². The monoisotopic (exact) mass is 378 g/mol. The Balaban J connectivity index is 1.49. The molecule has 1 aliphatic rings. The molecule has 28 heavy (non-hydrogen) atoms. The Bertz CT molecular complexity index is 997. The van der Waals surface area contributed by atoms with E-state index in [0.29, 0.717) is 11.4 Å². The number of aromatic amines is 1. The first kappa shape index (κ1) is 18.1. The minimum Gasteiger partial charge on any atom is -0.325 e. The summed E-state index contributed by atoms with van der Waals surface area (Å²) in [4.78, 5) is 26.9. The Morgan fingerprint density at radius 1 is 1.14 bits per heavy atom. The van der Waals surface area contributed by atoms with Crippen LogP contribution in [0.5, 0.6) is 0 Å². The number of amides is 1. The molecule has 4 rings (SSSR count). The number of hydrogen-bond donors (Lipinski definition) is 2. The van der Waals surface area contributed by atoms with Crippen molar-refractivity contribution < 1.29 is 4.79 Å². The molecule has 2 N–H and O–H groups in total. The third kappa shape index (κ3) is 4.01. The Labute approximate surface area is 162 Å². The number of nitrogens with zero attached hydrogens (tertiary/aromatic N) is 4. The molecule has 1 amide bonds. The predicted molar refractivity (Wildman–Crippen MR) is 105 cm³/mol. The molecule has 1 aromatic heterocycles. The van der Waals surface area contributed by atoms with Gasteiger partial charge >= 0.3 is 5.69 Å². The van der Waals surface area contributed by atoms with Gasteiger partial charge in [-0.15, -0.1) is 0 Å². The smallest absolute Gasteiger partial charge is 0.325 e. The summed E-state index contributed by atoms with van der Waals surface area (Å²) in [5.74, 6) is -0.0275. The van der Waals surface area contributed by atoms with Crippen LogP contribution >= 0.6 is 0 Å². The van der Waals surface area contributed by atoms with Crippen LogP contribution in [0.2, 0.25) is 0 Å². The van der Waals surface area contributed by atoms with Crippen molar-refractivity contribution in [3.8, 4) is 5.69 Å². The van der Waals surface area contributed by atoms with Crippen LogP contribution in [0.1, 0.15) is 24.8 Å². The summed E-state index contributed by atoms with van der Waals surface area (Å²) in [6.07, 6.45) is 2.97. The van der Waals surface area contributed by atoms with Gasteiger partial charge in [0.2, 0.25) is 5.91 Å². The molecule has 1 atom stereocenters. The largest absolute Gasteiger partial charge is 0.365 e. The van der Waals surface area contributed by atoms with Crippen LogP contribution in [0.4, 0.5) is 5.69 Å². The van der Waals surface area contributed by atoms with E-state index in [0.717, 1.165) is 37.0 Å². The van der Waals surface area contributed by atoms with Crippen molar-refractivity contribution in [2.45, 2.75) is 31.8 Å². The summed E-state index contributed by atoms with van der Waals surface area (Å²) >= 11 is 0. The molecule has 2 heterocycles. The van der Waals surface area contributed by atoms with Crippen LogP contribution in [-0.4, -0.2) is 43.6 Å². The van der Waals surface area contributed by atoms with E-state index in [9.17, 15) is 9.59 Å². The molecule has 0 radical (unpaired) electrons. The van der Waals surface area contributed by atoms with E-state index in [-0.39, 0.29) is 11.9 Å². The number of aromatic nitrogens is 4. The standard InChI is InChI=1S/C20H22N6O2/c27-19(18-11-4-5-12-25(18)14-15-7-2-1-3-8-15)21-16-9-6-10-17(13-16)26-20(28)22-23-24-26/h1-3,6-10,13,18H,4-5,11-12,14H2,(H,21,27)(H,22,24,28). The third-order valence-corrected chi connectivity index (χ3v) is 4.98. The normalized spacial score (nSPS) is 17.4. The first-order valence-electron chi connectivity index (χ1n) is 9.40. The summed E-state index contributed by atoms with van der Waals surface area (Å²) in [5.41, 5.74) is 1.95. The molecule has 1 unspecified atom stereocenters. The molecule has 8 nitrogen and oxygen atoms in total. The topological polar surface area (TPSA) is 95.9 Å². The van der Waals surface area contributed by atoms with E-state index in [1.54, 1.807) is 24.3 Å². The fourth-order valence-electron chi connectivity index (χ4n) is 3.60. The van der Waals surface area contributed by atoms with Gasteiger partial charge in [-0.2, -0.15) is 4.68 Å². The third-order valence-electron chi connectivity index (χ3n) is 4.98. The van der Waals surface area contributed by atoms with Crippen molar-refractivity contribution in [3.63, 3.8) is 0 Å². The Kier molecular flexibility index (Phi) is 5.29. The summed E-state index contributed by atoms with van der Waals surface area (Å²) in [6, 6.07) is 17.1. The first-order chi connectivity index (χ1) is 13.7. The zero-order valence-corrected chi connectivity index (χ0v) is 15.4. The molecule has 0 aliphatic carbocycles. The highest BCUT2D eigenvalue weighted by Crippen LogP contribution is 2.22. The number of tetrazole rings is 1. The Morgan fingerprint density at radius 3 is 2.79 bits per heavy atom. The number of benzene rings is 2. The van der Waals surface area contributed by atoms with Crippen LogP contribution < -0.4 is 11.0 Å². The van der Waals surface area contributed by atoms with Gasteiger partial charge in [0, 0.05) is 12.2 Å². The lowest BCUT2D eigenvalue weighted by Crippen LogP contribution is -2.46. The number of carbonyl (C=O) groups excluding carboxylic acids is 1. The fraction of sp³-hybridized carbons (Fsp3) is 0.300. The average Bonchev–Trinajstić information content (AvgIpc) is 3.15. The van der Waals surface area contributed by atoms with Gasteiger partial charge in [0.05, 0.1) is 11.7 Å². The van der Waals surface area contributed by atoms with E-state index >= 15 is 0 Å². The molecule has 2 aromatic carbocycles. The van der Waals surface area contributed by atoms with Gasteiger partial charge in [0.25, 0.3) is 0 Å². The van der Waals surface area contributed by atoms with Crippen LogP contribution in [0.15, 0.2) is 59.4 Å². The maximum Gasteiger partial charge on any atom is 0.365 e. The zero-order chi connectivity index (χ0) is 19.3. The summed E-state index contributed by atoms with van der Waals surface area (Å²) in [7, 11) is 0. The van der Waals surface area contributed by atoms with Crippen molar-refractivity contribution in [1.29, 1.82) is 0 Å². The molecule has 0 bridgehead atoms. The summed E-state index contributed by atoms with van der Waals surface area (Å²) < 4.78 is 1.15. The Morgan fingerprint density at radius 2 is 2.00 bits per heavy atom. The van der Waals surface area contributed by atoms with Crippen LogP contribution in [0.3, 0.4) is 0 Å². The van der Waals surface area contributed by atoms with Crippen LogP contribution in [0, 0.1) is 0 Å². The second-order valence-electron chi connectivity index (χ2n) is 6.93. The number of anilines is 1. The molecule has 3 aromatic rings. The molecule has 1 aliphatic heterocycles. The maximum absolute atomic E-state index is 13.0. The highest BCUT2D eigenvalue weighted by molar-refractivity contribution is 5.95. The summed E-state index contributed by atoms with van der Waals surface area (Å²) in [6.45, 7) is 1.66. The van der Waals surface area contributed by atoms with E-state index in [1.165, 1.54) is 5.56 Å². The quantitative estimate of drug-likeness (QED) is 0.707.